The second kappa shape index (κ2) is 7.54. The van der Waals surface area contributed by atoms with Crippen LogP contribution in [0.2, 0.25) is 0 Å². The van der Waals surface area contributed by atoms with Gasteiger partial charge in [-0.3, -0.25) is 4.79 Å². The summed E-state index contributed by atoms with van der Waals surface area (Å²) in [6.07, 6.45) is -5.22. The average Bonchev–Trinajstić information content (AvgIpc) is 3.28. The summed E-state index contributed by atoms with van der Waals surface area (Å²) < 4.78 is 9.54. The summed E-state index contributed by atoms with van der Waals surface area (Å²) in [6, 6.07) is 10.9. The Balaban J connectivity index is 1.49. The molecule has 11 nitrogen and oxygen atoms in total. The van der Waals surface area contributed by atoms with Crippen molar-refractivity contribution in [2.24, 2.45) is 0 Å². The maximum absolute atomic E-state index is 12.3. The SMILES string of the molecule is O=C(OC[C@@H](O)[C@H]1OC(=O)C(O)C1=O)c1ccc(O)c(-n2nc3ccccc3n2)c1. The molecule has 0 aliphatic carbocycles. The van der Waals surface area contributed by atoms with E-state index in [-0.39, 0.29) is 17.0 Å². The Morgan fingerprint density at radius 3 is 2.43 bits per heavy atom. The summed E-state index contributed by atoms with van der Waals surface area (Å²) in [5, 5.41) is 37.8. The summed E-state index contributed by atoms with van der Waals surface area (Å²) >= 11 is 0. The lowest BCUT2D eigenvalue weighted by atomic mass is 10.1. The number of aliphatic hydroxyl groups is 2. The molecule has 0 radical (unpaired) electrons. The molecule has 0 spiro atoms. The molecule has 1 aliphatic heterocycles. The van der Waals surface area contributed by atoms with Gasteiger partial charge in [-0.25, -0.2) is 9.59 Å². The van der Waals surface area contributed by atoms with E-state index >= 15 is 0 Å². The number of ketones is 1. The van der Waals surface area contributed by atoms with Gasteiger partial charge < -0.3 is 24.8 Å². The number of ether oxygens (including phenoxy) is 2. The van der Waals surface area contributed by atoms with Gasteiger partial charge in [-0.1, -0.05) is 12.1 Å². The molecule has 4 rings (SSSR count). The molecule has 0 saturated carbocycles. The minimum Gasteiger partial charge on any atom is -0.506 e. The Morgan fingerprint density at radius 2 is 1.83 bits per heavy atom. The van der Waals surface area contributed by atoms with Gasteiger partial charge in [0.05, 0.1) is 5.56 Å². The number of benzene rings is 2. The van der Waals surface area contributed by atoms with Gasteiger partial charge >= 0.3 is 11.9 Å². The Bertz CT molecular complexity index is 1120. The molecule has 3 aromatic rings. The molecule has 3 atom stereocenters. The molecule has 1 fully saturated rings. The number of aliphatic hydroxyl groups excluding tert-OH is 2. The highest BCUT2D eigenvalue weighted by Crippen LogP contribution is 2.24. The van der Waals surface area contributed by atoms with E-state index in [1.54, 1.807) is 24.3 Å². The summed E-state index contributed by atoms with van der Waals surface area (Å²) in [5.41, 5.74) is 1.33. The van der Waals surface area contributed by atoms with Crippen LogP contribution in [0.15, 0.2) is 42.5 Å². The first-order valence-corrected chi connectivity index (χ1v) is 8.78. The number of nitrogens with zero attached hydrogens (tertiary/aromatic N) is 3. The Kier molecular flexibility index (Phi) is 4.90. The molecule has 154 valence electrons. The van der Waals surface area contributed by atoms with Gasteiger partial charge in [0, 0.05) is 0 Å². The Morgan fingerprint density at radius 1 is 1.17 bits per heavy atom. The minimum absolute atomic E-state index is 0.0196. The summed E-state index contributed by atoms with van der Waals surface area (Å²) in [4.78, 5) is 36.3. The fourth-order valence-electron chi connectivity index (χ4n) is 2.90. The fourth-order valence-corrected chi connectivity index (χ4v) is 2.90. The smallest absolute Gasteiger partial charge is 0.343 e. The third-order valence-corrected chi connectivity index (χ3v) is 4.46. The van der Waals surface area contributed by atoms with Crippen LogP contribution in [0.25, 0.3) is 16.7 Å². The molecule has 1 aromatic heterocycles. The summed E-state index contributed by atoms with van der Waals surface area (Å²) in [6.45, 7) is -0.657. The van der Waals surface area contributed by atoms with Gasteiger partial charge in [0.15, 0.2) is 6.10 Å². The number of rotatable bonds is 5. The Labute approximate surface area is 168 Å². The number of hydrogen-bond donors (Lipinski definition) is 3. The van der Waals surface area contributed by atoms with E-state index in [2.05, 4.69) is 14.9 Å². The molecule has 3 N–H and O–H groups in total. The molecular weight excluding hydrogens is 398 g/mol. The summed E-state index contributed by atoms with van der Waals surface area (Å²) in [7, 11) is 0. The number of carbonyl (C=O) groups is 3. The maximum Gasteiger partial charge on any atom is 0.343 e. The van der Waals surface area contributed by atoms with Gasteiger partial charge in [-0.05, 0) is 30.3 Å². The molecule has 2 aromatic carbocycles. The van der Waals surface area contributed by atoms with E-state index in [9.17, 15) is 29.7 Å². The standard InChI is InChI=1S/C19H15N3O8/c23-13-6-5-9(7-12(13)22-20-10-3-1-2-4-11(10)21-22)18(27)29-8-14(24)17-15(25)16(26)19(28)30-17/h1-7,14,16-17,23-24,26H,8H2/t14-,16?,17-/m1/s1. The highest BCUT2D eigenvalue weighted by atomic mass is 16.6. The zero-order valence-corrected chi connectivity index (χ0v) is 15.2. The van der Waals surface area contributed by atoms with E-state index in [1.807, 2.05) is 0 Å². The normalized spacial score (nSPS) is 19.7. The quantitative estimate of drug-likeness (QED) is 0.367. The fraction of sp³-hybridized carbons (Fsp3) is 0.211. The monoisotopic (exact) mass is 413 g/mol. The number of phenolic OH excluding ortho intramolecular Hbond substituents is 1. The van der Waals surface area contributed by atoms with Crippen LogP contribution in [-0.2, 0) is 19.1 Å². The minimum atomic E-state index is -1.96. The lowest BCUT2D eigenvalue weighted by Crippen LogP contribution is -2.38. The van der Waals surface area contributed by atoms with Crippen molar-refractivity contribution in [1.82, 2.24) is 15.0 Å². The van der Waals surface area contributed by atoms with Crippen LogP contribution in [0.3, 0.4) is 0 Å². The van der Waals surface area contributed by atoms with Crippen molar-refractivity contribution in [3.05, 3.63) is 48.0 Å². The zero-order valence-electron chi connectivity index (χ0n) is 15.2. The molecular formula is C19H15N3O8. The van der Waals surface area contributed by atoms with Crippen LogP contribution in [0.1, 0.15) is 10.4 Å². The highest BCUT2D eigenvalue weighted by Gasteiger charge is 2.46. The number of cyclic esters (lactones) is 1. The lowest BCUT2D eigenvalue weighted by Gasteiger charge is -2.15. The number of phenols is 1. The van der Waals surface area contributed by atoms with Crippen molar-refractivity contribution >= 4 is 28.8 Å². The van der Waals surface area contributed by atoms with Crippen LogP contribution >= 0.6 is 0 Å². The van der Waals surface area contributed by atoms with Gasteiger partial charge in [0.25, 0.3) is 0 Å². The molecule has 1 saturated heterocycles. The maximum atomic E-state index is 12.3. The van der Waals surface area contributed by atoms with E-state index in [4.69, 9.17) is 4.74 Å². The van der Waals surface area contributed by atoms with Crippen molar-refractivity contribution in [1.29, 1.82) is 0 Å². The molecule has 11 heteroatoms. The van der Waals surface area contributed by atoms with Gasteiger partial charge in [0.2, 0.25) is 11.9 Å². The number of aromatic nitrogens is 3. The van der Waals surface area contributed by atoms with E-state index in [0.29, 0.717) is 11.0 Å². The first kappa shape index (κ1) is 19.5. The van der Waals surface area contributed by atoms with Crippen LogP contribution in [0.4, 0.5) is 0 Å². The van der Waals surface area contributed by atoms with E-state index < -0.39 is 42.6 Å². The van der Waals surface area contributed by atoms with Crippen LogP contribution < -0.4 is 0 Å². The zero-order chi connectivity index (χ0) is 21.4. The largest absolute Gasteiger partial charge is 0.506 e. The van der Waals surface area contributed by atoms with Crippen molar-refractivity contribution in [3.8, 4) is 11.4 Å². The van der Waals surface area contributed by atoms with Gasteiger partial charge in [-0.2, -0.15) is 0 Å². The third kappa shape index (κ3) is 3.47. The third-order valence-electron chi connectivity index (χ3n) is 4.46. The molecule has 0 bridgehead atoms. The Hall–Kier alpha value is -3.83. The van der Waals surface area contributed by atoms with Crippen molar-refractivity contribution < 1.29 is 39.2 Å². The predicted molar refractivity (Wildman–Crippen MR) is 97.7 cm³/mol. The van der Waals surface area contributed by atoms with E-state index in [1.165, 1.54) is 23.0 Å². The summed E-state index contributed by atoms with van der Waals surface area (Å²) in [5.74, 6) is -3.22. The highest BCUT2D eigenvalue weighted by molar-refractivity contribution is 6.09. The second-order valence-corrected chi connectivity index (χ2v) is 6.51. The van der Waals surface area contributed by atoms with Crippen molar-refractivity contribution in [3.63, 3.8) is 0 Å². The molecule has 1 aliphatic rings. The van der Waals surface area contributed by atoms with Crippen molar-refractivity contribution in [2.45, 2.75) is 18.3 Å². The predicted octanol–water partition coefficient (Wildman–Crippen LogP) is -0.501. The van der Waals surface area contributed by atoms with E-state index in [0.717, 1.165) is 0 Å². The topological polar surface area (TPSA) is 161 Å². The van der Waals surface area contributed by atoms with Gasteiger partial charge in [-0.15, -0.1) is 15.0 Å². The van der Waals surface area contributed by atoms with Crippen molar-refractivity contribution in [2.75, 3.05) is 6.61 Å². The molecule has 1 unspecified atom stereocenters. The number of Topliss-reactive ketones (excluding diaryl/α,β-unsaturated/α-hetero) is 1. The average molecular weight is 413 g/mol. The lowest BCUT2D eigenvalue weighted by molar-refractivity contribution is -0.151. The first-order valence-electron chi connectivity index (χ1n) is 8.78. The first-order chi connectivity index (χ1) is 14.3. The second-order valence-electron chi connectivity index (χ2n) is 6.51. The number of fused-ring (bicyclic) bond motifs is 1. The molecule has 2 heterocycles. The molecule has 0 amide bonds. The number of hydrogen-bond acceptors (Lipinski definition) is 10. The van der Waals surface area contributed by atoms with Gasteiger partial charge in [0.1, 0.15) is 35.2 Å². The van der Waals surface area contributed by atoms with Crippen LogP contribution in [0.5, 0.6) is 5.75 Å². The van der Waals surface area contributed by atoms with Crippen LogP contribution in [-0.4, -0.2) is 73.0 Å². The number of esters is 2. The van der Waals surface area contributed by atoms with Crippen LogP contribution in [0, 0.1) is 0 Å². The molecule has 30 heavy (non-hydrogen) atoms. The number of aromatic hydroxyl groups is 1. The number of carbonyl (C=O) groups excluding carboxylic acids is 3.